The molecule has 1 fully saturated rings. The zero-order chi connectivity index (χ0) is 14.0. The molecular weight excluding hydrogens is 304 g/mol. The van der Waals surface area contributed by atoms with E-state index in [2.05, 4.69) is 41.8 Å². The summed E-state index contributed by atoms with van der Waals surface area (Å²) in [4.78, 5) is 0. The fourth-order valence-corrected chi connectivity index (χ4v) is 3.95. The molecule has 4 heteroatoms. The lowest BCUT2D eigenvalue weighted by atomic mass is 9.72. The molecule has 2 atom stereocenters. The summed E-state index contributed by atoms with van der Waals surface area (Å²) < 4.78 is 2.93. The third-order valence-corrected chi connectivity index (χ3v) is 4.96. The third-order valence-electron chi connectivity index (χ3n) is 4.38. The smallest absolute Gasteiger partial charge is 0.108 e. The van der Waals surface area contributed by atoms with E-state index in [9.17, 15) is 5.11 Å². The van der Waals surface area contributed by atoms with E-state index in [4.69, 9.17) is 0 Å². The highest BCUT2D eigenvalue weighted by Crippen LogP contribution is 2.44. The van der Waals surface area contributed by atoms with Crippen molar-refractivity contribution in [3.05, 3.63) is 16.4 Å². The van der Waals surface area contributed by atoms with Crippen LogP contribution in [0.1, 0.15) is 58.6 Å². The van der Waals surface area contributed by atoms with E-state index in [-0.39, 0.29) is 0 Å². The Morgan fingerprint density at radius 2 is 2.32 bits per heavy atom. The van der Waals surface area contributed by atoms with Gasteiger partial charge >= 0.3 is 0 Å². The summed E-state index contributed by atoms with van der Waals surface area (Å²) in [6.07, 6.45) is 6.90. The van der Waals surface area contributed by atoms with Crippen LogP contribution in [0.2, 0.25) is 0 Å². The number of rotatable bonds is 4. The summed E-state index contributed by atoms with van der Waals surface area (Å²) in [6.45, 7) is 7.53. The van der Waals surface area contributed by atoms with Gasteiger partial charge in [0.25, 0.3) is 0 Å². The first-order chi connectivity index (χ1) is 8.98. The van der Waals surface area contributed by atoms with Crippen LogP contribution < -0.4 is 0 Å². The van der Waals surface area contributed by atoms with E-state index in [0.29, 0.717) is 11.8 Å². The first-order valence-electron chi connectivity index (χ1n) is 7.42. The maximum Gasteiger partial charge on any atom is 0.108 e. The van der Waals surface area contributed by atoms with Crippen LogP contribution in [0.3, 0.4) is 0 Å². The molecule has 1 aromatic heterocycles. The van der Waals surface area contributed by atoms with E-state index in [0.717, 1.165) is 42.4 Å². The summed E-state index contributed by atoms with van der Waals surface area (Å²) in [6, 6.07) is 0. The molecular formula is C15H25BrN2O. The molecule has 1 saturated carbocycles. The maximum absolute atomic E-state index is 11.1. The van der Waals surface area contributed by atoms with Crippen molar-refractivity contribution >= 4 is 15.9 Å². The molecule has 3 nitrogen and oxygen atoms in total. The highest BCUT2D eigenvalue weighted by atomic mass is 79.9. The molecule has 19 heavy (non-hydrogen) atoms. The minimum Gasteiger partial charge on any atom is -0.384 e. The fraction of sp³-hybridized carbons (Fsp3) is 0.800. The van der Waals surface area contributed by atoms with Gasteiger partial charge in [-0.1, -0.05) is 20.8 Å². The minimum absolute atomic E-state index is 0.607. The van der Waals surface area contributed by atoms with Gasteiger partial charge < -0.3 is 5.11 Å². The maximum atomic E-state index is 11.1. The van der Waals surface area contributed by atoms with E-state index in [1.54, 1.807) is 0 Å². The Morgan fingerprint density at radius 1 is 1.58 bits per heavy atom. The second-order valence-corrected chi connectivity index (χ2v) is 7.05. The number of aliphatic hydroxyl groups is 1. The lowest BCUT2D eigenvalue weighted by Crippen LogP contribution is -2.36. The molecule has 2 rings (SSSR count). The van der Waals surface area contributed by atoms with Crippen molar-refractivity contribution in [1.29, 1.82) is 0 Å². The third kappa shape index (κ3) is 3.05. The molecule has 1 aromatic rings. The van der Waals surface area contributed by atoms with Gasteiger partial charge in [-0.15, -0.1) is 0 Å². The predicted molar refractivity (Wildman–Crippen MR) is 80.9 cm³/mol. The lowest BCUT2D eigenvalue weighted by Gasteiger charge is -2.39. The number of aryl methyl sites for hydroxylation is 1. The lowest BCUT2D eigenvalue weighted by molar-refractivity contribution is -0.0371. The molecule has 2 unspecified atom stereocenters. The SMILES string of the molecule is CCCn1ncc(Br)c1C1(O)CCCC(C(C)C)C1. The summed E-state index contributed by atoms with van der Waals surface area (Å²) in [7, 11) is 0. The summed E-state index contributed by atoms with van der Waals surface area (Å²) >= 11 is 3.57. The molecule has 0 amide bonds. The van der Waals surface area contributed by atoms with E-state index in [1.807, 2.05) is 10.9 Å². The molecule has 108 valence electrons. The van der Waals surface area contributed by atoms with Crippen LogP contribution in [0.25, 0.3) is 0 Å². The first-order valence-corrected chi connectivity index (χ1v) is 8.21. The molecule has 1 N–H and O–H groups in total. The van der Waals surface area contributed by atoms with Crippen molar-refractivity contribution in [2.75, 3.05) is 0 Å². The van der Waals surface area contributed by atoms with Crippen molar-refractivity contribution in [2.45, 2.75) is 65.0 Å². The zero-order valence-electron chi connectivity index (χ0n) is 12.2. The van der Waals surface area contributed by atoms with Gasteiger partial charge in [0.15, 0.2) is 0 Å². The van der Waals surface area contributed by atoms with Crippen molar-refractivity contribution in [3.63, 3.8) is 0 Å². The highest BCUT2D eigenvalue weighted by Gasteiger charge is 2.40. The Kier molecular flexibility index (Phi) is 4.72. The molecule has 0 bridgehead atoms. The Balaban J connectivity index is 2.30. The van der Waals surface area contributed by atoms with Crippen molar-refractivity contribution < 1.29 is 5.11 Å². The summed E-state index contributed by atoms with van der Waals surface area (Å²) in [5.41, 5.74) is 0.275. The first kappa shape index (κ1) is 15.0. The van der Waals surface area contributed by atoms with Gasteiger partial charge in [-0.05, 0) is 59.9 Å². The molecule has 1 aliphatic rings. The average molecular weight is 329 g/mol. The van der Waals surface area contributed by atoms with Crippen LogP contribution >= 0.6 is 15.9 Å². The average Bonchev–Trinajstić information content (AvgIpc) is 2.71. The van der Waals surface area contributed by atoms with Gasteiger partial charge in [-0.2, -0.15) is 5.10 Å². The zero-order valence-corrected chi connectivity index (χ0v) is 13.8. The normalized spacial score (nSPS) is 28.0. The van der Waals surface area contributed by atoms with Gasteiger partial charge in [-0.25, -0.2) is 0 Å². The van der Waals surface area contributed by atoms with E-state index >= 15 is 0 Å². The van der Waals surface area contributed by atoms with Crippen LogP contribution in [-0.4, -0.2) is 14.9 Å². The van der Waals surface area contributed by atoms with Crippen molar-refractivity contribution in [2.24, 2.45) is 11.8 Å². The van der Waals surface area contributed by atoms with Crippen LogP contribution in [0.5, 0.6) is 0 Å². The largest absolute Gasteiger partial charge is 0.384 e. The number of halogens is 1. The molecule has 0 aromatic carbocycles. The standard InChI is InChI=1S/C15H25BrN2O/c1-4-8-18-14(13(16)10-17-18)15(19)7-5-6-12(9-15)11(2)3/h10-12,19H,4-9H2,1-3H3. The summed E-state index contributed by atoms with van der Waals surface area (Å²) in [5.74, 6) is 1.24. The Bertz CT molecular complexity index is 430. The van der Waals surface area contributed by atoms with E-state index in [1.165, 1.54) is 6.42 Å². The molecule has 1 heterocycles. The molecule has 0 saturated heterocycles. The van der Waals surface area contributed by atoms with Crippen LogP contribution in [-0.2, 0) is 12.1 Å². The Hall–Kier alpha value is -0.350. The number of hydrogen-bond donors (Lipinski definition) is 1. The molecule has 1 aliphatic carbocycles. The topological polar surface area (TPSA) is 38.0 Å². The second kappa shape index (κ2) is 5.96. The van der Waals surface area contributed by atoms with Gasteiger partial charge in [-0.3, -0.25) is 4.68 Å². The predicted octanol–water partition coefficient (Wildman–Crippen LogP) is 4.09. The molecule has 0 aliphatic heterocycles. The van der Waals surface area contributed by atoms with Crippen molar-refractivity contribution in [3.8, 4) is 0 Å². The minimum atomic E-state index is -0.711. The second-order valence-electron chi connectivity index (χ2n) is 6.20. The number of nitrogens with zero attached hydrogens (tertiary/aromatic N) is 2. The fourth-order valence-electron chi connectivity index (χ4n) is 3.29. The van der Waals surface area contributed by atoms with Gasteiger partial charge in [0.2, 0.25) is 0 Å². The van der Waals surface area contributed by atoms with Crippen molar-refractivity contribution in [1.82, 2.24) is 9.78 Å². The number of hydrogen-bond acceptors (Lipinski definition) is 2. The van der Waals surface area contributed by atoms with Crippen LogP contribution in [0.4, 0.5) is 0 Å². The Labute approximate surface area is 124 Å². The Morgan fingerprint density at radius 3 is 2.95 bits per heavy atom. The molecule has 0 spiro atoms. The quantitative estimate of drug-likeness (QED) is 0.903. The van der Waals surface area contributed by atoms with Gasteiger partial charge in [0, 0.05) is 6.54 Å². The molecule has 0 radical (unpaired) electrons. The highest BCUT2D eigenvalue weighted by molar-refractivity contribution is 9.10. The van der Waals surface area contributed by atoms with E-state index < -0.39 is 5.60 Å². The summed E-state index contributed by atoms with van der Waals surface area (Å²) in [5, 5.41) is 15.6. The monoisotopic (exact) mass is 328 g/mol. The van der Waals surface area contributed by atoms with Gasteiger partial charge in [0.05, 0.1) is 16.4 Å². The van der Waals surface area contributed by atoms with Gasteiger partial charge in [0.1, 0.15) is 5.60 Å². The number of aromatic nitrogens is 2. The van der Waals surface area contributed by atoms with Crippen LogP contribution in [0, 0.1) is 11.8 Å². The van der Waals surface area contributed by atoms with Crippen LogP contribution in [0.15, 0.2) is 10.7 Å².